The molecule has 2 saturated heterocycles. The standard InChI is InChI=1S/C33H61NO7/c1-2-39-31(37)21-17-13-12-16-20-30-32-29(36)22-24-33(40-30,41-32)23-18-14-10-8-6-4-3-5-7-9-11-15-19-25-38-27-28(34)26-35/h17,21,28-30,32,35-36H,2-16,18-20,22-27,34H2,1H3/b21-17+/t28?,29-,30-,32+,33-/m1/s1. The van der Waals surface area contributed by atoms with Crippen LogP contribution in [0.1, 0.15) is 135 Å². The molecule has 1 unspecified atom stereocenters. The lowest BCUT2D eigenvalue weighted by Gasteiger charge is -2.33. The minimum atomic E-state index is -0.487. The van der Waals surface area contributed by atoms with Crippen LogP contribution >= 0.6 is 0 Å². The van der Waals surface area contributed by atoms with Gasteiger partial charge in [-0.2, -0.15) is 0 Å². The molecule has 8 nitrogen and oxygen atoms in total. The van der Waals surface area contributed by atoms with Gasteiger partial charge >= 0.3 is 5.97 Å². The number of carbonyl (C=O) groups excluding carboxylic acids is 1. The highest BCUT2D eigenvalue weighted by Crippen LogP contribution is 2.44. The molecule has 5 atom stereocenters. The van der Waals surface area contributed by atoms with Crippen molar-refractivity contribution in [2.75, 3.05) is 26.4 Å². The Kier molecular flexibility index (Phi) is 19.8. The third-order valence-corrected chi connectivity index (χ3v) is 8.35. The Morgan fingerprint density at radius 1 is 0.951 bits per heavy atom. The molecule has 2 heterocycles. The highest BCUT2D eigenvalue weighted by molar-refractivity contribution is 5.81. The molecule has 0 aliphatic carbocycles. The van der Waals surface area contributed by atoms with Crippen molar-refractivity contribution in [2.45, 2.75) is 165 Å². The number of ether oxygens (including phenoxy) is 4. The van der Waals surface area contributed by atoms with Crippen molar-refractivity contribution in [1.82, 2.24) is 0 Å². The van der Waals surface area contributed by atoms with Crippen LogP contribution in [-0.4, -0.2) is 72.8 Å². The summed E-state index contributed by atoms with van der Waals surface area (Å²) in [5.74, 6) is -0.767. The lowest BCUT2D eigenvalue weighted by atomic mass is 9.94. The Morgan fingerprint density at radius 3 is 2.22 bits per heavy atom. The van der Waals surface area contributed by atoms with Crippen LogP contribution in [-0.2, 0) is 23.7 Å². The summed E-state index contributed by atoms with van der Waals surface area (Å²) in [5.41, 5.74) is 5.61. The van der Waals surface area contributed by atoms with Crippen LogP contribution in [0.3, 0.4) is 0 Å². The molecule has 2 bridgehead atoms. The Hall–Kier alpha value is -1.03. The summed E-state index contributed by atoms with van der Waals surface area (Å²) in [6.07, 6.45) is 25.4. The van der Waals surface area contributed by atoms with Gasteiger partial charge in [0, 0.05) is 25.5 Å². The predicted molar refractivity (Wildman–Crippen MR) is 162 cm³/mol. The number of nitrogens with two attached hydrogens (primary N) is 1. The Balaban J connectivity index is 1.42. The van der Waals surface area contributed by atoms with E-state index >= 15 is 0 Å². The Morgan fingerprint density at radius 2 is 1.59 bits per heavy atom. The normalized spacial score (nSPS) is 24.7. The molecule has 0 aromatic rings. The number of aliphatic hydroxyl groups is 2. The molecule has 4 N–H and O–H groups in total. The van der Waals surface area contributed by atoms with E-state index in [0.29, 0.717) is 13.2 Å². The van der Waals surface area contributed by atoms with Crippen LogP contribution in [0.5, 0.6) is 0 Å². The molecule has 8 heteroatoms. The lowest BCUT2D eigenvalue weighted by molar-refractivity contribution is -0.214. The number of hydrogen-bond donors (Lipinski definition) is 3. The third kappa shape index (κ3) is 15.8. The van der Waals surface area contributed by atoms with Crippen LogP contribution < -0.4 is 5.73 Å². The van der Waals surface area contributed by atoms with Crippen molar-refractivity contribution in [3.05, 3.63) is 12.2 Å². The van der Waals surface area contributed by atoms with Crippen molar-refractivity contribution in [3.8, 4) is 0 Å². The monoisotopic (exact) mass is 583 g/mol. The maximum Gasteiger partial charge on any atom is 0.330 e. The molecule has 0 saturated carbocycles. The fourth-order valence-corrected chi connectivity index (χ4v) is 5.94. The molecule has 0 amide bonds. The van der Waals surface area contributed by atoms with Gasteiger partial charge in [0.1, 0.15) is 6.10 Å². The molecule has 0 radical (unpaired) electrons. The number of fused-ring (bicyclic) bond motifs is 2. The summed E-state index contributed by atoms with van der Waals surface area (Å²) in [4.78, 5) is 11.4. The lowest BCUT2D eigenvalue weighted by Crippen LogP contribution is -2.41. The first-order valence-electron chi connectivity index (χ1n) is 16.8. The minimum Gasteiger partial charge on any atom is -0.463 e. The van der Waals surface area contributed by atoms with Crippen LogP contribution in [0, 0.1) is 0 Å². The van der Waals surface area contributed by atoms with Crippen LogP contribution in [0.4, 0.5) is 0 Å². The maximum atomic E-state index is 11.4. The van der Waals surface area contributed by atoms with E-state index in [1.165, 1.54) is 76.7 Å². The van der Waals surface area contributed by atoms with Crippen molar-refractivity contribution in [3.63, 3.8) is 0 Å². The SMILES string of the molecule is CCOC(=O)/C=C/CCCC[C@H]1O[C@@]2(CCCCCCCCCCCCCCCOCC(N)CO)CC[C@@H](O)[C@@H]1O2. The van der Waals surface area contributed by atoms with Gasteiger partial charge < -0.3 is 34.9 Å². The van der Waals surface area contributed by atoms with Gasteiger partial charge in [-0.25, -0.2) is 4.79 Å². The number of esters is 1. The summed E-state index contributed by atoms with van der Waals surface area (Å²) in [7, 11) is 0. The van der Waals surface area contributed by atoms with Gasteiger partial charge in [-0.3, -0.25) is 0 Å². The number of rotatable bonds is 26. The third-order valence-electron chi connectivity index (χ3n) is 8.35. The summed E-state index contributed by atoms with van der Waals surface area (Å²) >= 11 is 0. The average Bonchev–Trinajstić information content (AvgIpc) is 3.27. The fraction of sp³-hybridized carbons (Fsp3) is 0.909. The van der Waals surface area contributed by atoms with Crippen LogP contribution in [0.2, 0.25) is 0 Å². The number of carbonyl (C=O) groups is 1. The Bertz CT molecular complexity index is 690. The van der Waals surface area contributed by atoms with E-state index in [4.69, 9.17) is 29.8 Å². The van der Waals surface area contributed by atoms with E-state index in [0.717, 1.165) is 64.4 Å². The van der Waals surface area contributed by atoms with Crippen molar-refractivity contribution in [1.29, 1.82) is 0 Å². The molecule has 2 fully saturated rings. The summed E-state index contributed by atoms with van der Waals surface area (Å²) in [5, 5.41) is 19.3. The largest absolute Gasteiger partial charge is 0.463 e. The summed E-state index contributed by atoms with van der Waals surface area (Å²) in [6, 6.07) is -0.248. The molecule has 0 aromatic carbocycles. The number of hydrogen-bond acceptors (Lipinski definition) is 8. The topological polar surface area (TPSA) is 120 Å². The highest BCUT2D eigenvalue weighted by atomic mass is 16.8. The molecule has 0 spiro atoms. The molecular formula is C33H61NO7. The molecule has 2 aliphatic heterocycles. The van der Waals surface area contributed by atoms with Gasteiger partial charge in [-0.05, 0) is 45.4 Å². The maximum absolute atomic E-state index is 11.4. The first-order chi connectivity index (χ1) is 20.0. The molecule has 2 aliphatic rings. The van der Waals surface area contributed by atoms with E-state index in [2.05, 4.69) is 0 Å². The zero-order valence-corrected chi connectivity index (χ0v) is 25.9. The Labute approximate surface area is 249 Å². The van der Waals surface area contributed by atoms with Gasteiger partial charge in [0.2, 0.25) is 0 Å². The van der Waals surface area contributed by atoms with E-state index < -0.39 is 11.9 Å². The van der Waals surface area contributed by atoms with Gasteiger partial charge in [0.05, 0.1) is 38.1 Å². The van der Waals surface area contributed by atoms with Crippen molar-refractivity contribution < 1.29 is 34.0 Å². The predicted octanol–water partition coefficient (Wildman–Crippen LogP) is 6.10. The first kappa shape index (κ1) is 36.2. The van der Waals surface area contributed by atoms with Crippen molar-refractivity contribution >= 4 is 5.97 Å². The van der Waals surface area contributed by atoms with Gasteiger partial charge in [0.15, 0.2) is 5.79 Å². The minimum absolute atomic E-state index is 0.0117. The number of unbranched alkanes of at least 4 members (excludes halogenated alkanes) is 14. The quantitative estimate of drug-likeness (QED) is 0.0635. The highest BCUT2D eigenvalue weighted by Gasteiger charge is 2.52. The van der Waals surface area contributed by atoms with Gasteiger partial charge in [0.25, 0.3) is 0 Å². The molecule has 240 valence electrons. The molecule has 2 rings (SSSR count). The fourth-order valence-electron chi connectivity index (χ4n) is 5.94. The van der Waals surface area contributed by atoms with Gasteiger partial charge in [-0.15, -0.1) is 0 Å². The second-order valence-corrected chi connectivity index (χ2v) is 12.1. The van der Waals surface area contributed by atoms with Crippen LogP contribution in [0.25, 0.3) is 0 Å². The molecule has 0 aromatic heterocycles. The van der Waals surface area contributed by atoms with E-state index in [1.807, 2.05) is 6.08 Å². The summed E-state index contributed by atoms with van der Waals surface area (Å²) in [6.45, 7) is 3.40. The first-order valence-corrected chi connectivity index (χ1v) is 16.8. The second-order valence-electron chi connectivity index (χ2n) is 12.1. The van der Waals surface area contributed by atoms with Crippen molar-refractivity contribution in [2.24, 2.45) is 5.73 Å². The zero-order chi connectivity index (χ0) is 29.6. The van der Waals surface area contributed by atoms with Crippen LogP contribution in [0.15, 0.2) is 12.2 Å². The summed E-state index contributed by atoms with van der Waals surface area (Å²) < 4.78 is 23.1. The number of aliphatic hydroxyl groups excluding tert-OH is 2. The van der Waals surface area contributed by atoms with E-state index in [1.54, 1.807) is 6.92 Å². The van der Waals surface area contributed by atoms with E-state index in [-0.39, 0.29) is 30.8 Å². The average molecular weight is 584 g/mol. The number of allylic oxidation sites excluding steroid dienone is 1. The van der Waals surface area contributed by atoms with E-state index in [9.17, 15) is 9.90 Å². The zero-order valence-electron chi connectivity index (χ0n) is 25.9. The molecule has 41 heavy (non-hydrogen) atoms. The second kappa shape index (κ2) is 22.5. The molecular weight excluding hydrogens is 522 g/mol. The smallest absolute Gasteiger partial charge is 0.330 e. The van der Waals surface area contributed by atoms with Gasteiger partial charge in [-0.1, -0.05) is 83.1 Å².